The minimum Gasteiger partial charge on any atom is -0.351 e. The number of nitrogens with zero attached hydrogens (tertiary/aromatic N) is 1. The van der Waals surface area contributed by atoms with Crippen LogP contribution < -0.4 is 10.6 Å². The summed E-state index contributed by atoms with van der Waals surface area (Å²) < 4.78 is -1.95. The topological polar surface area (TPSA) is 61.4 Å². The van der Waals surface area contributed by atoms with Gasteiger partial charge >= 0.3 is 6.03 Å². The average molecular weight is 275 g/mol. The second kappa shape index (κ2) is 5.09. The number of halogens is 3. The van der Waals surface area contributed by atoms with Crippen molar-refractivity contribution in [2.75, 3.05) is 26.2 Å². The van der Waals surface area contributed by atoms with E-state index in [1.807, 2.05) is 0 Å². The van der Waals surface area contributed by atoms with Crippen molar-refractivity contribution in [3.05, 3.63) is 0 Å². The highest BCUT2D eigenvalue weighted by Gasteiger charge is 2.30. The van der Waals surface area contributed by atoms with E-state index in [-0.39, 0.29) is 12.6 Å². The molecule has 0 aliphatic carbocycles. The molecule has 0 bridgehead atoms. The highest BCUT2D eigenvalue weighted by Crippen LogP contribution is 2.25. The molecule has 1 aliphatic rings. The minimum atomic E-state index is -1.95. The van der Waals surface area contributed by atoms with Gasteiger partial charge in [0.1, 0.15) is 0 Å². The SMILES string of the molecule is O=C1NCCN1CCNC(=O)C(Cl)(Cl)Cl. The highest BCUT2D eigenvalue weighted by molar-refractivity contribution is 6.76. The van der Waals surface area contributed by atoms with Crippen LogP contribution in [0.3, 0.4) is 0 Å². The summed E-state index contributed by atoms with van der Waals surface area (Å²) in [5.74, 6) is -0.688. The van der Waals surface area contributed by atoms with Gasteiger partial charge < -0.3 is 15.5 Å². The molecule has 2 N–H and O–H groups in total. The van der Waals surface area contributed by atoms with Gasteiger partial charge in [0.2, 0.25) is 0 Å². The van der Waals surface area contributed by atoms with Crippen molar-refractivity contribution in [3.63, 3.8) is 0 Å². The largest absolute Gasteiger partial charge is 0.351 e. The van der Waals surface area contributed by atoms with Crippen LogP contribution in [0.5, 0.6) is 0 Å². The lowest BCUT2D eigenvalue weighted by molar-refractivity contribution is -0.120. The molecule has 8 heteroatoms. The third-order valence-corrected chi connectivity index (χ3v) is 2.38. The van der Waals surface area contributed by atoms with Crippen molar-refractivity contribution in [1.82, 2.24) is 15.5 Å². The number of hydrogen-bond acceptors (Lipinski definition) is 2. The quantitative estimate of drug-likeness (QED) is 0.736. The number of alkyl halides is 3. The number of rotatable bonds is 3. The molecule has 0 aromatic rings. The lowest BCUT2D eigenvalue weighted by atomic mass is 10.5. The van der Waals surface area contributed by atoms with E-state index in [9.17, 15) is 9.59 Å². The van der Waals surface area contributed by atoms with Gasteiger partial charge in [-0.2, -0.15) is 0 Å². The van der Waals surface area contributed by atoms with E-state index in [2.05, 4.69) is 10.6 Å². The van der Waals surface area contributed by atoms with Crippen LogP contribution in [0.4, 0.5) is 4.79 Å². The van der Waals surface area contributed by atoms with Crippen LogP contribution in [0.15, 0.2) is 0 Å². The Kier molecular flexibility index (Phi) is 4.31. The summed E-state index contributed by atoms with van der Waals surface area (Å²) in [6.07, 6.45) is 0. The lowest BCUT2D eigenvalue weighted by Crippen LogP contribution is -2.40. The maximum Gasteiger partial charge on any atom is 0.317 e. The van der Waals surface area contributed by atoms with Crippen molar-refractivity contribution < 1.29 is 9.59 Å². The number of urea groups is 1. The molecule has 0 unspecified atom stereocenters. The molecule has 0 aromatic carbocycles. The number of carbonyl (C=O) groups is 2. The first-order chi connectivity index (χ1) is 6.91. The van der Waals surface area contributed by atoms with Gasteiger partial charge in [0.05, 0.1) is 0 Å². The second-order valence-corrected chi connectivity index (χ2v) is 5.25. The maximum atomic E-state index is 11.1. The number of carbonyl (C=O) groups excluding carboxylic acids is 2. The molecule has 1 saturated heterocycles. The molecule has 0 radical (unpaired) electrons. The third kappa shape index (κ3) is 3.93. The number of nitrogens with one attached hydrogen (secondary N) is 2. The third-order valence-electron chi connectivity index (χ3n) is 1.87. The molecule has 0 atom stereocenters. The molecule has 86 valence electrons. The van der Waals surface area contributed by atoms with Gasteiger partial charge in [-0.05, 0) is 0 Å². The Morgan fingerprint density at radius 1 is 1.53 bits per heavy atom. The standard InChI is InChI=1S/C7H10Cl3N3O2/c8-7(9,10)5(14)11-1-3-13-4-2-12-6(13)15/h1-4H2,(H,11,14)(H,12,15). The van der Waals surface area contributed by atoms with E-state index in [0.717, 1.165) is 0 Å². The summed E-state index contributed by atoms with van der Waals surface area (Å²) in [6.45, 7) is 1.91. The smallest absolute Gasteiger partial charge is 0.317 e. The zero-order valence-electron chi connectivity index (χ0n) is 7.73. The monoisotopic (exact) mass is 273 g/mol. The molecule has 1 heterocycles. The van der Waals surface area contributed by atoms with Gasteiger partial charge in [-0.1, -0.05) is 34.8 Å². The molecular weight excluding hydrogens is 264 g/mol. The lowest BCUT2D eigenvalue weighted by Gasteiger charge is -2.16. The van der Waals surface area contributed by atoms with Crippen molar-refractivity contribution >= 4 is 46.7 Å². The van der Waals surface area contributed by atoms with Crippen molar-refractivity contribution in [2.45, 2.75) is 3.79 Å². The molecule has 0 spiro atoms. The Labute approximate surface area is 102 Å². The fourth-order valence-electron chi connectivity index (χ4n) is 1.13. The zero-order chi connectivity index (χ0) is 11.5. The molecule has 0 aromatic heterocycles. The Morgan fingerprint density at radius 2 is 2.20 bits per heavy atom. The molecule has 1 aliphatic heterocycles. The summed E-state index contributed by atoms with van der Waals surface area (Å²) in [6, 6.07) is -0.141. The fourth-order valence-corrected chi connectivity index (χ4v) is 1.33. The minimum absolute atomic E-state index is 0.141. The van der Waals surface area contributed by atoms with Gasteiger partial charge in [0.15, 0.2) is 0 Å². The van der Waals surface area contributed by atoms with Crippen LogP contribution in [0.2, 0.25) is 0 Å². The Bertz CT molecular complexity index is 267. The number of amides is 3. The maximum absolute atomic E-state index is 11.1. The fraction of sp³-hybridized carbons (Fsp3) is 0.714. The molecule has 15 heavy (non-hydrogen) atoms. The van der Waals surface area contributed by atoms with E-state index in [0.29, 0.717) is 19.6 Å². The summed E-state index contributed by atoms with van der Waals surface area (Å²) >= 11 is 16.0. The van der Waals surface area contributed by atoms with Crippen LogP contribution in [0.25, 0.3) is 0 Å². The highest BCUT2D eigenvalue weighted by atomic mass is 35.6. The van der Waals surface area contributed by atoms with Crippen molar-refractivity contribution in [3.8, 4) is 0 Å². The van der Waals surface area contributed by atoms with E-state index >= 15 is 0 Å². The van der Waals surface area contributed by atoms with Gasteiger partial charge in [-0.25, -0.2) is 4.79 Å². The second-order valence-electron chi connectivity index (χ2n) is 2.97. The average Bonchev–Trinajstić information content (AvgIpc) is 2.50. The van der Waals surface area contributed by atoms with Gasteiger partial charge in [0.25, 0.3) is 9.70 Å². The molecule has 1 rings (SSSR count). The predicted molar refractivity (Wildman–Crippen MR) is 58.3 cm³/mol. The number of hydrogen-bond donors (Lipinski definition) is 2. The van der Waals surface area contributed by atoms with Gasteiger partial charge in [0, 0.05) is 26.2 Å². The molecule has 5 nitrogen and oxygen atoms in total. The molecule has 1 fully saturated rings. The van der Waals surface area contributed by atoms with Crippen LogP contribution in [-0.4, -0.2) is 46.8 Å². The van der Waals surface area contributed by atoms with Crippen LogP contribution >= 0.6 is 34.8 Å². The Balaban J connectivity index is 2.22. The summed E-state index contributed by atoms with van der Waals surface area (Å²) in [5, 5.41) is 5.05. The van der Waals surface area contributed by atoms with E-state index < -0.39 is 9.70 Å². The Morgan fingerprint density at radius 3 is 2.67 bits per heavy atom. The predicted octanol–water partition coefficient (Wildman–Crippen LogP) is 0.498. The van der Waals surface area contributed by atoms with E-state index in [4.69, 9.17) is 34.8 Å². The van der Waals surface area contributed by atoms with Gasteiger partial charge in [-0.3, -0.25) is 4.79 Å². The first-order valence-corrected chi connectivity index (χ1v) is 5.42. The summed E-state index contributed by atoms with van der Waals surface area (Å²) in [7, 11) is 0. The Hall–Kier alpha value is -0.390. The van der Waals surface area contributed by atoms with Crippen LogP contribution in [-0.2, 0) is 4.79 Å². The molecule has 0 saturated carbocycles. The molecule has 3 amide bonds. The van der Waals surface area contributed by atoms with Crippen molar-refractivity contribution in [1.29, 1.82) is 0 Å². The summed E-state index contributed by atoms with van der Waals surface area (Å²) in [5.41, 5.74) is 0. The van der Waals surface area contributed by atoms with E-state index in [1.165, 1.54) is 0 Å². The van der Waals surface area contributed by atoms with Crippen LogP contribution in [0.1, 0.15) is 0 Å². The van der Waals surface area contributed by atoms with Gasteiger partial charge in [-0.15, -0.1) is 0 Å². The first kappa shape index (κ1) is 12.7. The normalized spacial score (nSPS) is 16.5. The molecular formula is C7H10Cl3N3O2. The van der Waals surface area contributed by atoms with Crippen molar-refractivity contribution in [2.24, 2.45) is 0 Å². The zero-order valence-corrected chi connectivity index (χ0v) is 9.99. The summed E-state index contributed by atoms with van der Waals surface area (Å²) in [4.78, 5) is 23.7. The van der Waals surface area contributed by atoms with Crippen LogP contribution in [0, 0.1) is 0 Å². The first-order valence-electron chi connectivity index (χ1n) is 4.29. The van der Waals surface area contributed by atoms with E-state index in [1.54, 1.807) is 4.90 Å².